The van der Waals surface area contributed by atoms with Crippen LogP contribution in [0.4, 0.5) is 0 Å². The van der Waals surface area contributed by atoms with Crippen LogP contribution < -0.4 is 5.19 Å². The largest absolute Gasteiger partial charge is 0.478 e. The first-order chi connectivity index (χ1) is 7.05. The molecule has 0 saturated carbocycles. The summed E-state index contributed by atoms with van der Waals surface area (Å²) in [6.07, 6.45) is 0. The minimum absolute atomic E-state index is 0.246. The van der Waals surface area contributed by atoms with Gasteiger partial charge in [-0.05, 0) is 12.6 Å². The van der Waals surface area contributed by atoms with Gasteiger partial charge in [-0.1, -0.05) is 18.2 Å². The number of benzene rings is 1. The molecule has 0 aliphatic heterocycles. The van der Waals surface area contributed by atoms with E-state index in [-0.39, 0.29) is 5.56 Å². The van der Waals surface area contributed by atoms with E-state index in [4.69, 9.17) is 14.0 Å². The van der Waals surface area contributed by atoms with Crippen LogP contribution in [0.5, 0.6) is 0 Å². The molecule has 0 heterocycles. The van der Waals surface area contributed by atoms with Crippen LogP contribution in [0.2, 0.25) is 6.55 Å². The van der Waals surface area contributed by atoms with Crippen LogP contribution >= 0.6 is 0 Å². The summed E-state index contributed by atoms with van der Waals surface area (Å²) in [4.78, 5) is 11.0. The van der Waals surface area contributed by atoms with Crippen LogP contribution in [0.25, 0.3) is 0 Å². The normalized spacial score (nSPS) is 11.4. The average molecular weight is 226 g/mol. The third-order valence-electron chi connectivity index (χ3n) is 2.43. The molecule has 1 N–H and O–H groups in total. The second-order valence-electron chi connectivity index (χ2n) is 3.20. The smallest absolute Gasteiger partial charge is 0.369 e. The summed E-state index contributed by atoms with van der Waals surface area (Å²) in [7, 11) is 0.511. The molecule has 0 spiro atoms. The van der Waals surface area contributed by atoms with E-state index in [2.05, 4.69) is 0 Å². The van der Waals surface area contributed by atoms with Gasteiger partial charge in [0.15, 0.2) is 0 Å². The summed E-state index contributed by atoms with van der Waals surface area (Å²) in [5, 5.41) is 9.67. The Morgan fingerprint density at radius 2 is 1.80 bits per heavy atom. The molecule has 1 aromatic rings. The predicted molar refractivity (Wildman–Crippen MR) is 58.7 cm³/mol. The van der Waals surface area contributed by atoms with Gasteiger partial charge in [0, 0.05) is 19.4 Å². The fourth-order valence-electron chi connectivity index (χ4n) is 1.37. The fourth-order valence-corrected chi connectivity index (χ4v) is 3.05. The van der Waals surface area contributed by atoms with Gasteiger partial charge in [0.2, 0.25) is 0 Å². The molecule has 0 aromatic heterocycles. The first-order valence-electron chi connectivity index (χ1n) is 4.48. The third kappa shape index (κ3) is 2.25. The number of aromatic carboxylic acids is 1. The molecule has 0 saturated heterocycles. The number of hydrogen-bond donors (Lipinski definition) is 1. The molecular formula is C10H14O4Si. The lowest BCUT2D eigenvalue weighted by Crippen LogP contribution is -2.51. The van der Waals surface area contributed by atoms with Gasteiger partial charge >= 0.3 is 14.5 Å². The minimum Gasteiger partial charge on any atom is -0.478 e. The molecule has 4 nitrogen and oxygen atoms in total. The Labute approximate surface area is 89.7 Å². The number of hydrogen-bond acceptors (Lipinski definition) is 3. The van der Waals surface area contributed by atoms with Gasteiger partial charge in [-0.3, -0.25) is 0 Å². The first-order valence-corrected chi connectivity index (χ1v) is 6.80. The van der Waals surface area contributed by atoms with E-state index < -0.39 is 14.5 Å². The molecule has 0 unspecified atom stereocenters. The Kier molecular flexibility index (Phi) is 3.62. The predicted octanol–water partition coefficient (Wildman–Crippen LogP) is 0.957. The maximum atomic E-state index is 11.0. The van der Waals surface area contributed by atoms with Crippen molar-refractivity contribution in [3.63, 3.8) is 0 Å². The van der Waals surface area contributed by atoms with Gasteiger partial charge in [-0.2, -0.15) is 0 Å². The summed E-state index contributed by atoms with van der Waals surface area (Å²) in [5.41, 5.74) is 0.246. The Bertz CT molecular complexity index is 360. The molecule has 0 bridgehead atoms. The van der Waals surface area contributed by atoms with E-state index in [0.29, 0.717) is 5.19 Å². The first kappa shape index (κ1) is 11.9. The highest BCUT2D eigenvalue weighted by molar-refractivity contribution is 6.80. The van der Waals surface area contributed by atoms with E-state index >= 15 is 0 Å². The fraction of sp³-hybridized carbons (Fsp3) is 0.300. The second-order valence-corrected chi connectivity index (χ2v) is 6.45. The quantitative estimate of drug-likeness (QED) is 0.777. The Hall–Kier alpha value is -1.17. The van der Waals surface area contributed by atoms with Crippen molar-refractivity contribution in [1.29, 1.82) is 0 Å². The molecule has 0 amide bonds. The molecule has 0 aliphatic rings. The van der Waals surface area contributed by atoms with Crippen molar-refractivity contribution in [1.82, 2.24) is 0 Å². The van der Waals surface area contributed by atoms with Gasteiger partial charge in [0.05, 0.1) is 5.56 Å². The monoisotopic (exact) mass is 226 g/mol. The SMILES string of the molecule is CO[Si](C)(OC)c1ccccc1C(=O)O. The summed E-state index contributed by atoms with van der Waals surface area (Å²) >= 11 is 0. The van der Waals surface area contributed by atoms with Crippen LogP contribution in [-0.4, -0.2) is 33.9 Å². The Morgan fingerprint density at radius 3 is 2.27 bits per heavy atom. The van der Waals surface area contributed by atoms with E-state index in [9.17, 15) is 4.79 Å². The number of rotatable bonds is 4. The van der Waals surface area contributed by atoms with Crippen LogP contribution in [0.3, 0.4) is 0 Å². The van der Waals surface area contributed by atoms with E-state index in [1.165, 1.54) is 14.2 Å². The number of carboxylic acid groups (broad SMARTS) is 1. The molecule has 0 fully saturated rings. The molecule has 0 radical (unpaired) electrons. The van der Waals surface area contributed by atoms with Crippen molar-refractivity contribution < 1.29 is 18.8 Å². The highest BCUT2D eigenvalue weighted by atomic mass is 28.4. The van der Waals surface area contributed by atoms with E-state index in [0.717, 1.165) is 0 Å². The molecule has 5 heteroatoms. The summed E-state index contributed by atoms with van der Waals surface area (Å²) in [6, 6.07) is 6.77. The highest BCUT2D eigenvalue weighted by Crippen LogP contribution is 2.09. The van der Waals surface area contributed by atoms with Crippen molar-refractivity contribution in [3.05, 3.63) is 29.8 Å². The molecule has 82 valence electrons. The van der Waals surface area contributed by atoms with Crippen LogP contribution in [-0.2, 0) is 8.85 Å². The minimum atomic E-state index is -2.56. The van der Waals surface area contributed by atoms with Crippen LogP contribution in [0.15, 0.2) is 24.3 Å². The number of carbonyl (C=O) groups is 1. The molecule has 1 rings (SSSR count). The number of carboxylic acids is 1. The van der Waals surface area contributed by atoms with Crippen LogP contribution in [0, 0.1) is 0 Å². The summed E-state index contributed by atoms with van der Waals surface area (Å²) < 4.78 is 10.6. The molecule has 1 aromatic carbocycles. The van der Waals surface area contributed by atoms with Gasteiger partial charge in [0.25, 0.3) is 0 Å². The van der Waals surface area contributed by atoms with E-state index in [1.54, 1.807) is 24.3 Å². The maximum Gasteiger partial charge on any atom is 0.369 e. The molecule has 0 aliphatic carbocycles. The van der Waals surface area contributed by atoms with Crippen molar-refractivity contribution in [2.45, 2.75) is 6.55 Å². The molecule has 0 atom stereocenters. The summed E-state index contributed by atoms with van der Waals surface area (Å²) in [5.74, 6) is -0.960. The van der Waals surface area contributed by atoms with E-state index in [1.807, 2.05) is 6.55 Å². The zero-order valence-electron chi connectivity index (χ0n) is 8.98. The Morgan fingerprint density at radius 1 is 1.27 bits per heavy atom. The average Bonchev–Trinajstić information content (AvgIpc) is 2.28. The zero-order valence-corrected chi connectivity index (χ0v) is 9.98. The standard InChI is InChI=1S/C10H14O4Si/c1-13-15(3,14-2)9-7-5-4-6-8(9)10(11)12/h4-7H,1-3H3,(H,11,12). The topological polar surface area (TPSA) is 55.8 Å². The second kappa shape index (κ2) is 4.56. The van der Waals surface area contributed by atoms with Gasteiger partial charge in [0.1, 0.15) is 0 Å². The zero-order chi connectivity index (χ0) is 11.5. The third-order valence-corrected chi connectivity index (χ3v) is 5.40. The maximum absolute atomic E-state index is 11.0. The lowest BCUT2D eigenvalue weighted by atomic mass is 10.2. The van der Waals surface area contributed by atoms with Crippen molar-refractivity contribution in [3.8, 4) is 0 Å². The molecular weight excluding hydrogens is 212 g/mol. The van der Waals surface area contributed by atoms with Gasteiger partial charge < -0.3 is 14.0 Å². The lowest BCUT2D eigenvalue weighted by Gasteiger charge is -2.24. The lowest BCUT2D eigenvalue weighted by molar-refractivity contribution is 0.0697. The van der Waals surface area contributed by atoms with Crippen molar-refractivity contribution in [2.75, 3.05) is 14.2 Å². The van der Waals surface area contributed by atoms with Crippen molar-refractivity contribution >= 4 is 19.7 Å². The van der Waals surface area contributed by atoms with Crippen LogP contribution in [0.1, 0.15) is 10.4 Å². The highest BCUT2D eigenvalue weighted by Gasteiger charge is 2.35. The molecule has 15 heavy (non-hydrogen) atoms. The summed E-state index contributed by atoms with van der Waals surface area (Å²) in [6.45, 7) is 1.81. The van der Waals surface area contributed by atoms with Gasteiger partial charge in [-0.25, -0.2) is 4.79 Å². The van der Waals surface area contributed by atoms with Gasteiger partial charge in [-0.15, -0.1) is 0 Å². The van der Waals surface area contributed by atoms with Crippen molar-refractivity contribution in [2.24, 2.45) is 0 Å². The Balaban J connectivity index is 3.29.